The Labute approximate surface area is 184 Å². The molecule has 0 spiro atoms. The number of rotatable bonds is 5. The van der Waals surface area contributed by atoms with Crippen molar-refractivity contribution in [1.29, 1.82) is 0 Å². The van der Waals surface area contributed by atoms with E-state index in [1.807, 2.05) is 35.2 Å². The lowest BCUT2D eigenvalue weighted by molar-refractivity contribution is -0.121. The van der Waals surface area contributed by atoms with Crippen LogP contribution < -0.4 is 10.1 Å². The Balaban J connectivity index is 1.22. The van der Waals surface area contributed by atoms with Crippen molar-refractivity contribution in [2.45, 2.75) is 43.2 Å². The van der Waals surface area contributed by atoms with Crippen LogP contribution in [-0.2, 0) is 11.2 Å². The summed E-state index contributed by atoms with van der Waals surface area (Å²) in [6.07, 6.45) is -1.75. The van der Waals surface area contributed by atoms with Gasteiger partial charge in [0.25, 0.3) is 5.91 Å². The lowest BCUT2D eigenvalue weighted by Crippen LogP contribution is -2.36. The van der Waals surface area contributed by atoms with Gasteiger partial charge in [0.05, 0.1) is 17.4 Å². The molecule has 1 amide bonds. The fraction of sp³-hybridized carbons (Fsp3) is 0.458. The zero-order chi connectivity index (χ0) is 22.5. The van der Waals surface area contributed by atoms with E-state index in [9.17, 15) is 23.8 Å². The molecule has 0 unspecified atom stereocenters. The van der Waals surface area contributed by atoms with Crippen LogP contribution in [-0.4, -0.2) is 58.5 Å². The van der Waals surface area contributed by atoms with E-state index in [0.717, 1.165) is 12.2 Å². The number of halogens is 2. The highest BCUT2D eigenvalue weighted by atomic mass is 19.1. The Kier molecular flexibility index (Phi) is 5.39. The smallest absolute Gasteiger partial charge is 0.259 e. The Bertz CT molecular complexity index is 1020. The Hall–Kier alpha value is -2.55. The highest BCUT2D eigenvalue weighted by molar-refractivity contribution is 5.97. The van der Waals surface area contributed by atoms with Crippen LogP contribution in [0.3, 0.4) is 0 Å². The van der Waals surface area contributed by atoms with Crippen LogP contribution in [0.5, 0.6) is 5.75 Å². The topological polar surface area (TPSA) is 82.0 Å². The second-order valence-corrected chi connectivity index (χ2v) is 9.20. The number of fused-ring (bicyclic) bond motifs is 2. The van der Waals surface area contributed by atoms with Crippen LogP contribution in [0.15, 0.2) is 42.5 Å². The molecule has 0 radical (unpaired) electrons. The molecule has 32 heavy (non-hydrogen) atoms. The summed E-state index contributed by atoms with van der Waals surface area (Å²) in [7, 11) is 0. The summed E-state index contributed by atoms with van der Waals surface area (Å²) in [5, 5.41) is 24.1. The SMILES string of the molecule is O=C1Nc2c(F)cc([C@@H](O)CN3C[C@H]4C[C@H](Oc5ccccc5)C[C@@]4(O)C3)cc2C[C@H]1F. The fourth-order valence-electron chi connectivity index (χ4n) is 5.32. The van der Waals surface area contributed by atoms with Crippen molar-refractivity contribution in [2.24, 2.45) is 5.92 Å². The minimum absolute atomic E-state index is 0.0191. The predicted octanol–water partition coefficient (Wildman–Crippen LogP) is 2.60. The Morgan fingerprint density at radius 3 is 2.81 bits per heavy atom. The van der Waals surface area contributed by atoms with Crippen molar-refractivity contribution in [3.63, 3.8) is 0 Å². The van der Waals surface area contributed by atoms with Gasteiger partial charge in [-0.1, -0.05) is 24.3 Å². The van der Waals surface area contributed by atoms with Crippen LogP contribution in [0.2, 0.25) is 0 Å². The standard InChI is InChI=1S/C24H26F2N2O4/c25-19-7-14(6-15-8-20(26)23(30)27-22(15)19)21(29)12-28-11-16-9-18(10-24(16,31)13-28)32-17-4-2-1-3-5-17/h1-7,16,18,20-21,29,31H,8-13H2,(H,27,30)/t16-,18+,20-,21+,24-/m1/s1. The number of aliphatic hydroxyl groups excluding tert-OH is 1. The number of hydrogen-bond acceptors (Lipinski definition) is 5. The molecule has 5 atom stereocenters. The van der Waals surface area contributed by atoms with Crippen molar-refractivity contribution < 1.29 is 28.5 Å². The van der Waals surface area contributed by atoms with Gasteiger partial charge in [0.1, 0.15) is 17.7 Å². The van der Waals surface area contributed by atoms with E-state index in [2.05, 4.69) is 5.32 Å². The number of anilines is 1. The third-order valence-corrected chi connectivity index (χ3v) is 6.85. The van der Waals surface area contributed by atoms with Crippen molar-refractivity contribution in [3.05, 3.63) is 59.4 Å². The van der Waals surface area contributed by atoms with Crippen LogP contribution in [0, 0.1) is 11.7 Å². The normalized spacial score (nSPS) is 30.5. The lowest BCUT2D eigenvalue weighted by Gasteiger charge is -2.26. The van der Waals surface area contributed by atoms with Gasteiger partial charge in [-0.25, -0.2) is 8.78 Å². The molecule has 3 aliphatic rings. The number of alkyl halides is 1. The monoisotopic (exact) mass is 444 g/mol. The number of ether oxygens (including phenoxy) is 1. The number of nitrogens with one attached hydrogen (secondary N) is 1. The summed E-state index contributed by atoms with van der Waals surface area (Å²) in [5.41, 5.74) is -0.233. The zero-order valence-electron chi connectivity index (χ0n) is 17.5. The van der Waals surface area contributed by atoms with E-state index in [1.165, 1.54) is 6.07 Å². The highest BCUT2D eigenvalue weighted by Gasteiger charge is 2.52. The van der Waals surface area contributed by atoms with E-state index in [0.29, 0.717) is 30.6 Å². The average Bonchev–Trinajstić information content (AvgIpc) is 3.20. The molecule has 170 valence electrons. The summed E-state index contributed by atoms with van der Waals surface area (Å²) >= 11 is 0. The molecule has 0 aromatic heterocycles. The van der Waals surface area contributed by atoms with Gasteiger partial charge < -0.3 is 20.3 Å². The molecule has 2 aliphatic heterocycles. The lowest BCUT2D eigenvalue weighted by atomic mass is 9.95. The second-order valence-electron chi connectivity index (χ2n) is 9.20. The van der Waals surface area contributed by atoms with Gasteiger partial charge in [-0.3, -0.25) is 9.69 Å². The number of likely N-dealkylation sites (tertiary alicyclic amines) is 1. The van der Waals surface area contributed by atoms with Gasteiger partial charge >= 0.3 is 0 Å². The minimum atomic E-state index is -1.73. The number of benzene rings is 2. The molecule has 3 N–H and O–H groups in total. The number of β-amino-alcohol motifs (C(OH)–C–C–N with tert-alkyl or cyclic N) is 2. The number of aliphatic hydroxyl groups is 2. The van der Waals surface area contributed by atoms with E-state index >= 15 is 0 Å². The molecule has 8 heteroatoms. The van der Waals surface area contributed by atoms with Crippen LogP contribution in [0.4, 0.5) is 14.5 Å². The largest absolute Gasteiger partial charge is 0.490 e. The highest BCUT2D eigenvalue weighted by Crippen LogP contribution is 2.43. The summed E-state index contributed by atoms with van der Waals surface area (Å²) < 4.78 is 34.2. The Morgan fingerprint density at radius 1 is 1.28 bits per heavy atom. The van der Waals surface area contributed by atoms with E-state index in [-0.39, 0.29) is 30.7 Å². The van der Waals surface area contributed by atoms with E-state index in [1.54, 1.807) is 6.07 Å². The molecule has 2 aromatic carbocycles. The molecule has 6 nitrogen and oxygen atoms in total. The molecular formula is C24H26F2N2O4. The molecule has 1 saturated heterocycles. The van der Waals surface area contributed by atoms with Crippen LogP contribution in [0.1, 0.15) is 30.1 Å². The van der Waals surface area contributed by atoms with Crippen molar-refractivity contribution in [1.82, 2.24) is 4.90 Å². The quantitative estimate of drug-likeness (QED) is 0.661. The molecule has 0 bridgehead atoms. The van der Waals surface area contributed by atoms with Crippen molar-refractivity contribution in [2.75, 3.05) is 25.0 Å². The van der Waals surface area contributed by atoms with Crippen molar-refractivity contribution in [3.8, 4) is 5.75 Å². The van der Waals surface area contributed by atoms with Gasteiger partial charge in [-0.15, -0.1) is 0 Å². The van der Waals surface area contributed by atoms with Crippen LogP contribution >= 0.6 is 0 Å². The van der Waals surface area contributed by atoms with Gasteiger partial charge in [-0.2, -0.15) is 0 Å². The first-order chi connectivity index (χ1) is 15.3. The van der Waals surface area contributed by atoms with E-state index < -0.39 is 29.6 Å². The maximum absolute atomic E-state index is 14.5. The summed E-state index contributed by atoms with van der Waals surface area (Å²) in [5.74, 6) is -0.716. The minimum Gasteiger partial charge on any atom is -0.490 e. The van der Waals surface area contributed by atoms with Crippen LogP contribution in [0.25, 0.3) is 0 Å². The molecule has 5 rings (SSSR count). The molecule has 2 heterocycles. The Morgan fingerprint density at radius 2 is 2.06 bits per heavy atom. The number of amides is 1. The number of nitrogens with zero attached hydrogens (tertiary/aromatic N) is 1. The van der Waals surface area contributed by atoms with Crippen molar-refractivity contribution >= 4 is 11.6 Å². The number of carbonyl (C=O) groups excluding carboxylic acids is 1. The third kappa shape index (κ3) is 3.98. The second kappa shape index (κ2) is 8.10. The number of carbonyl (C=O) groups is 1. The third-order valence-electron chi connectivity index (χ3n) is 6.85. The van der Waals surface area contributed by atoms with Gasteiger partial charge in [0.2, 0.25) is 0 Å². The molecular weight excluding hydrogens is 418 g/mol. The molecule has 2 aromatic rings. The first kappa shape index (κ1) is 21.3. The predicted molar refractivity (Wildman–Crippen MR) is 114 cm³/mol. The molecule has 1 aliphatic carbocycles. The zero-order valence-corrected chi connectivity index (χ0v) is 17.5. The summed E-state index contributed by atoms with van der Waals surface area (Å²) in [6.45, 7) is 1.24. The number of hydrogen-bond donors (Lipinski definition) is 3. The maximum atomic E-state index is 14.5. The van der Waals surface area contributed by atoms with E-state index in [4.69, 9.17) is 4.74 Å². The van der Waals surface area contributed by atoms with Gasteiger partial charge in [-0.05, 0) is 35.7 Å². The fourth-order valence-corrected chi connectivity index (χ4v) is 5.32. The average molecular weight is 444 g/mol. The molecule has 2 fully saturated rings. The summed E-state index contributed by atoms with van der Waals surface area (Å²) in [6, 6.07) is 12.3. The molecule has 1 saturated carbocycles. The van der Waals surface area contributed by atoms with Gasteiger partial charge in [0.15, 0.2) is 6.17 Å². The number of para-hydroxylation sites is 1. The van der Waals surface area contributed by atoms with Gasteiger partial charge in [0, 0.05) is 38.4 Å². The first-order valence-electron chi connectivity index (χ1n) is 10.9. The maximum Gasteiger partial charge on any atom is 0.259 e. The summed E-state index contributed by atoms with van der Waals surface area (Å²) in [4.78, 5) is 13.4. The first-order valence-corrected chi connectivity index (χ1v) is 10.9.